The molecular weight excluding hydrogens is 218 g/mol. The van der Waals surface area contributed by atoms with Crippen molar-refractivity contribution in [3.8, 4) is 0 Å². The summed E-state index contributed by atoms with van der Waals surface area (Å²) in [6, 6.07) is 0. The zero-order valence-corrected chi connectivity index (χ0v) is 10.8. The Morgan fingerprint density at radius 3 is 2.18 bits per heavy atom. The topological polar surface area (TPSA) is 66.4 Å². The lowest BCUT2D eigenvalue weighted by molar-refractivity contribution is -0.147. The average Bonchev–Trinajstić information content (AvgIpc) is 2.75. The van der Waals surface area contributed by atoms with E-state index in [1.165, 1.54) is 0 Å². The second-order valence-corrected chi connectivity index (χ2v) is 5.03. The van der Waals surface area contributed by atoms with Gasteiger partial charge in [0.15, 0.2) is 0 Å². The molecule has 1 rings (SSSR count). The van der Waals surface area contributed by atoms with Crippen LogP contribution >= 0.6 is 0 Å². The molecule has 1 fully saturated rings. The molecular formula is C13H23NO3. The number of carbonyl (C=O) groups excluding carboxylic acids is 1. The second-order valence-electron chi connectivity index (χ2n) is 5.03. The van der Waals surface area contributed by atoms with Gasteiger partial charge in [-0.05, 0) is 18.8 Å². The van der Waals surface area contributed by atoms with Gasteiger partial charge in [-0.3, -0.25) is 4.79 Å². The van der Waals surface area contributed by atoms with E-state index in [1.807, 2.05) is 0 Å². The van der Waals surface area contributed by atoms with Crippen molar-refractivity contribution in [1.82, 2.24) is 5.32 Å². The van der Waals surface area contributed by atoms with Crippen molar-refractivity contribution in [3.05, 3.63) is 0 Å². The molecule has 0 bridgehead atoms. The van der Waals surface area contributed by atoms with Gasteiger partial charge in [0.05, 0.1) is 0 Å². The first-order chi connectivity index (χ1) is 8.04. The molecule has 1 aliphatic carbocycles. The molecule has 0 radical (unpaired) electrons. The number of carboxylic acid groups (broad SMARTS) is 1. The van der Waals surface area contributed by atoms with Crippen LogP contribution in [-0.4, -0.2) is 22.5 Å². The van der Waals surface area contributed by atoms with Crippen LogP contribution in [0.3, 0.4) is 0 Å². The third kappa shape index (κ3) is 3.45. The normalized spacial score (nSPS) is 18.3. The molecule has 1 saturated carbocycles. The summed E-state index contributed by atoms with van der Waals surface area (Å²) in [5.74, 6) is -0.627. The molecule has 1 aliphatic rings. The van der Waals surface area contributed by atoms with Crippen molar-refractivity contribution in [2.45, 2.75) is 64.3 Å². The SMILES string of the molecule is CCC(CC)CC(=O)NC1(C(=O)O)CCCC1. The van der Waals surface area contributed by atoms with Crippen molar-refractivity contribution in [2.75, 3.05) is 0 Å². The van der Waals surface area contributed by atoms with Crippen molar-refractivity contribution < 1.29 is 14.7 Å². The van der Waals surface area contributed by atoms with E-state index in [2.05, 4.69) is 19.2 Å². The predicted molar refractivity (Wildman–Crippen MR) is 65.7 cm³/mol. The fraction of sp³-hybridized carbons (Fsp3) is 0.846. The molecule has 0 spiro atoms. The molecule has 1 amide bonds. The Balaban J connectivity index is 2.56. The molecule has 0 saturated heterocycles. The standard InChI is InChI=1S/C13H23NO3/c1-3-10(4-2)9-11(15)14-13(12(16)17)7-5-6-8-13/h10H,3-9H2,1-2H3,(H,14,15)(H,16,17). The van der Waals surface area contributed by atoms with E-state index in [9.17, 15) is 14.7 Å². The summed E-state index contributed by atoms with van der Waals surface area (Å²) in [5, 5.41) is 12.0. The lowest BCUT2D eigenvalue weighted by Gasteiger charge is -2.26. The Morgan fingerprint density at radius 1 is 1.24 bits per heavy atom. The summed E-state index contributed by atoms with van der Waals surface area (Å²) in [6.07, 6.45) is 5.28. The van der Waals surface area contributed by atoms with Gasteiger partial charge in [-0.1, -0.05) is 39.5 Å². The molecule has 4 nitrogen and oxygen atoms in total. The van der Waals surface area contributed by atoms with Gasteiger partial charge in [0.25, 0.3) is 0 Å². The number of rotatable bonds is 6. The van der Waals surface area contributed by atoms with Crippen LogP contribution in [0.15, 0.2) is 0 Å². The van der Waals surface area contributed by atoms with E-state index in [0.717, 1.165) is 25.7 Å². The summed E-state index contributed by atoms with van der Waals surface area (Å²) in [6.45, 7) is 4.12. The highest BCUT2D eigenvalue weighted by Gasteiger charge is 2.42. The first kappa shape index (κ1) is 14.0. The van der Waals surface area contributed by atoms with Crippen molar-refractivity contribution in [2.24, 2.45) is 5.92 Å². The maximum Gasteiger partial charge on any atom is 0.329 e. The molecule has 0 unspecified atom stereocenters. The Bertz CT molecular complexity index is 278. The Labute approximate surface area is 103 Å². The van der Waals surface area contributed by atoms with Crippen LogP contribution in [0.25, 0.3) is 0 Å². The van der Waals surface area contributed by atoms with Crippen LogP contribution in [0.5, 0.6) is 0 Å². The summed E-state index contributed by atoms with van der Waals surface area (Å²) >= 11 is 0. The molecule has 0 aliphatic heterocycles. The van der Waals surface area contributed by atoms with Gasteiger partial charge < -0.3 is 10.4 Å². The third-order valence-corrected chi connectivity index (χ3v) is 3.87. The number of hydrogen-bond donors (Lipinski definition) is 2. The van der Waals surface area contributed by atoms with Gasteiger partial charge in [-0.15, -0.1) is 0 Å². The van der Waals surface area contributed by atoms with E-state index < -0.39 is 11.5 Å². The minimum Gasteiger partial charge on any atom is -0.480 e. The second kappa shape index (κ2) is 6.03. The molecule has 0 aromatic rings. The monoisotopic (exact) mass is 241 g/mol. The first-order valence-corrected chi connectivity index (χ1v) is 6.58. The minimum atomic E-state index is -0.983. The highest BCUT2D eigenvalue weighted by molar-refractivity contribution is 5.87. The summed E-state index contributed by atoms with van der Waals surface area (Å²) in [7, 11) is 0. The number of carbonyl (C=O) groups is 2. The first-order valence-electron chi connectivity index (χ1n) is 6.58. The van der Waals surface area contributed by atoms with Crippen LogP contribution in [-0.2, 0) is 9.59 Å². The summed E-state index contributed by atoms with van der Waals surface area (Å²) in [4.78, 5) is 23.1. The van der Waals surface area contributed by atoms with Crippen molar-refractivity contribution in [3.63, 3.8) is 0 Å². The Hall–Kier alpha value is -1.06. The van der Waals surface area contributed by atoms with Crippen molar-refractivity contribution in [1.29, 1.82) is 0 Å². The zero-order valence-electron chi connectivity index (χ0n) is 10.8. The van der Waals surface area contributed by atoms with E-state index >= 15 is 0 Å². The van der Waals surface area contributed by atoms with Crippen LogP contribution in [0, 0.1) is 5.92 Å². The van der Waals surface area contributed by atoms with Crippen LogP contribution in [0.2, 0.25) is 0 Å². The van der Waals surface area contributed by atoms with Crippen LogP contribution in [0.1, 0.15) is 58.8 Å². The van der Waals surface area contributed by atoms with E-state index in [4.69, 9.17) is 0 Å². The maximum atomic E-state index is 11.9. The van der Waals surface area contributed by atoms with Crippen molar-refractivity contribution >= 4 is 11.9 Å². The van der Waals surface area contributed by atoms with E-state index in [1.54, 1.807) is 0 Å². The lowest BCUT2D eigenvalue weighted by atomic mass is 9.95. The lowest BCUT2D eigenvalue weighted by Crippen LogP contribution is -2.52. The number of nitrogens with one attached hydrogen (secondary N) is 1. The number of aliphatic carboxylic acids is 1. The van der Waals surface area contributed by atoms with Gasteiger partial charge in [0.2, 0.25) is 5.91 Å². The molecule has 2 N–H and O–H groups in total. The predicted octanol–water partition coefficient (Wildman–Crippen LogP) is 2.33. The molecule has 0 atom stereocenters. The van der Waals surface area contributed by atoms with Gasteiger partial charge in [-0.2, -0.15) is 0 Å². The summed E-state index contributed by atoms with van der Waals surface area (Å²) in [5.41, 5.74) is -0.983. The summed E-state index contributed by atoms with van der Waals surface area (Å²) < 4.78 is 0. The average molecular weight is 241 g/mol. The number of carboxylic acids is 1. The molecule has 0 heterocycles. The van der Waals surface area contributed by atoms with Crippen LogP contribution < -0.4 is 5.32 Å². The molecule has 4 heteroatoms. The van der Waals surface area contributed by atoms with Gasteiger partial charge in [-0.25, -0.2) is 4.79 Å². The number of amides is 1. The molecule has 0 aromatic carbocycles. The Morgan fingerprint density at radius 2 is 1.76 bits per heavy atom. The maximum absolute atomic E-state index is 11.9. The smallest absolute Gasteiger partial charge is 0.329 e. The fourth-order valence-electron chi connectivity index (χ4n) is 2.53. The van der Waals surface area contributed by atoms with Gasteiger partial charge in [0, 0.05) is 6.42 Å². The van der Waals surface area contributed by atoms with E-state index in [0.29, 0.717) is 25.2 Å². The molecule has 98 valence electrons. The highest BCUT2D eigenvalue weighted by Crippen LogP contribution is 2.30. The minimum absolute atomic E-state index is 0.108. The highest BCUT2D eigenvalue weighted by atomic mass is 16.4. The number of hydrogen-bond acceptors (Lipinski definition) is 2. The Kier molecular flexibility index (Phi) is 4.97. The zero-order chi connectivity index (χ0) is 12.9. The third-order valence-electron chi connectivity index (χ3n) is 3.87. The largest absolute Gasteiger partial charge is 0.480 e. The quantitative estimate of drug-likeness (QED) is 0.750. The fourth-order valence-corrected chi connectivity index (χ4v) is 2.53. The molecule has 0 aromatic heterocycles. The van der Waals surface area contributed by atoms with Gasteiger partial charge >= 0.3 is 5.97 Å². The van der Waals surface area contributed by atoms with E-state index in [-0.39, 0.29) is 5.91 Å². The van der Waals surface area contributed by atoms with Crippen LogP contribution in [0.4, 0.5) is 0 Å². The van der Waals surface area contributed by atoms with Gasteiger partial charge in [0.1, 0.15) is 5.54 Å². The molecule has 17 heavy (non-hydrogen) atoms.